The van der Waals surface area contributed by atoms with E-state index in [1.165, 1.54) is 11.8 Å². The Morgan fingerprint density at radius 2 is 1.11 bits per heavy atom. The minimum atomic E-state index is -0.474. The molecule has 12 nitrogen and oxygen atoms in total. The van der Waals surface area contributed by atoms with Gasteiger partial charge in [0, 0.05) is 16.2 Å². The van der Waals surface area contributed by atoms with E-state index in [-0.39, 0.29) is 18.6 Å². The molecule has 0 saturated carbocycles. The van der Waals surface area contributed by atoms with Crippen molar-refractivity contribution in [3.05, 3.63) is 64.7 Å². The second-order valence-corrected chi connectivity index (χ2v) is 12.7. The molecule has 0 unspecified atom stereocenters. The van der Waals surface area contributed by atoms with Gasteiger partial charge in [0.2, 0.25) is 0 Å². The number of nitrogens with zero attached hydrogens (tertiary/aromatic N) is 4. The van der Waals surface area contributed by atoms with Crippen molar-refractivity contribution < 1.29 is 28.3 Å². The first-order valence-electron chi connectivity index (χ1n) is 14.8. The molecule has 4 aromatic rings. The van der Waals surface area contributed by atoms with Crippen molar-refractivity contribution in [1.82, 2.24) is 19.9 Å². The smallest absolute Gasteiger partial charge is 0.486 e. The molecule has 1 saturated heterocycles. The molecule has 4 N–H and O–H groups in total. The third-order valence-corrected chi connectivity index (χ3v) is 8.70. The molecule has 0 spiro atoms. The Hall–Kier alpha value is -4.14. The number of nitrogen functional groups attached to an aromatic ring is 2. The maximum Gasteiger partial charge on any atom is 0.516 e. The van der Waals surface area contributed by atoms with Gasteiger partial charge >= 0.3 is 7.12 Å². The molecule has 2 aromatic carbocycles. The number of aromatic nitrogens is 4. The lowest BCUT2D eigenvalue weighted by Crippen LogP contribution is -2.41. The zero-order valence-electron chi connectivity index (χ0n) is 26.8. The summed E-state index contributed by atoms with van der Waals surface area (Å²) in [5.41, 5.74) is 14.9. The SMILES string of the molecule is C.CC1(C)OB(c2cnc(N)cn2)OC1(C)C.Cc1cc2c(cc1-c1cnc(N)cn1)OCCO2.Cc1cc2c(cc1Br)OCCO2. The number of hydrogen-bond acceptors (Lipinski definition) is 12. The van der Waals surface area contributed by atoms with E-state index in [1.807, 2.05) is 65.8 Å². The van der Waals surface area contributed by atoms with Crippen molar-refractivity contribution in [1.29, 1.82) is 0 Å². The van der Waals surface area contributed by atoms with Crippen LogP contribution in [0.4, 0.5) is 11.6 Å². The highest BCUT2D eigenvalue weighted by Gasteiger charge is 2.52. The van der Waals surface area contributed by atoms with Gasteiger partial charge in [0.15, 0.2) is 23.0 Å². The van der Waals surface area contributed by atoms with Crippen molar-refractivity contribution >= 4 is 40.3 Å². The Morgan fingerprint density at radius 1 is 0.638 bits per heavy atom. The molecule has 0 radical (unpaired) electrons. The molecule has 250 valence electrons. The molecule has 0 bridgehead atoms. The number of hydrogen-bond donors (Lipinski definition) is 2. The number of nitrogens with two attached hydrogens (primary N) is 2. The van der Waals surface area contributed by atoms with E-state index in [1.54, 1.807) is 18.6 Å². The maximum absolute atomic E-state index is 5.82. The first-order chi connectivity index (χ1) is 21.8. The second-order valence-electron chi connectivity index (χ2n) is 11.8. The molecule has 1 fully saturated rings. The zero-order valence-corrected chi connectivity index (χ0v) is 28.4. The molecular formula is C33H42BBrN6O6. The van der Waals surface area contributed by atoms with Crippen LogP contribution in [0.5, 0.6) is 23.0 Å². The Morgan fingerprint density at radius 3 is 1.60 bits per heavy atom. The molecule has 14 heteroatoms. The van der Waals surface area contributed by atoms with Crippen LogP contribution in [0.2, 0.25) is 0 Å². The molecule has 5 heterocycles. The molecule has 3 aliphatic heterocycles. The van der Waals surface area contributed by atoms with E-state index >= 15 is 0 Å². The van der Waals surface area contributed by atoms with Crippen LogP contribution in [0, 0.1) is 13.8 Å². The number of rotatable bonds is 2. The van der Waals surface area contributed by atoms with E-state index in [9.17, 15) is 0 Å². The molecule has 2 aromatic heterocycles. The lowest BCUT2D eigenvalue weighted by Gasteiger charge is -2.32. The molecule has 7 rings (SSSR count). The first kappa shape index (κ1) is 35.7. The highest BCUT2D eigenvalue weighted by molar-refractivity contribution is 9.10. The molecule has 0 atom stereocenters. The highest BCUT2D eigenvalue weighted by Crippen LogP contribution is 2.38. The van der Waals surface area contributed by atoms with Crippen molar-refractivity contribution in [2.24, 2.45) is 0 Å². The third-order valence-electron chi connectivity index (χ3n) is 7.85. The summed E-state index contributed by atoms with van der Waals surface area (Å²) in [6.45, 7) is 14.5. The van der Waals surface area contributed by atoms with Crippen LogP contribution < -0.4 is 36.0 Å². The summed E-state index contributed by atoms with van der Waals surface area (Å²) in [6, 6.07) is 7.83. The number of ether oxygens (including phenoxy) is 4. The molecule has 0 aliphatic carbocycles. The standard InChI is InChI=1S/C13H13N3O2.C10H16BN3O2.C9H9BrO2.CH4/c1-8-4-11-12(18-3-2-17-11)5-9(8)10-6-16-13(14)7-15-10;1-9(2)10(3,4)16-11(15-9)7-5-14-8(12)6-13-7;1-6-4-8-9(5-7(6)10)12-3-2-11-8;/h4-7H,2-3H2,1H3,(H2,14,16);5-6H,1-4H3,(H2,12,14);4-5H,2-3H2,1H3;1H4. The summed E-state index contributed by atoms with van der Waals surface area (Å²) in [6.07, 6.45) is 6.29. The summed E-state index contributed by atoms with van der Waals surface area (Å²) in [5, 5.41) is 0. The van der Waals surface area contributed by atoms with Gasteiger partial charge in [-0.25, -0.2) is 9.97 Å². The summed E-state index contributed by atoms with van der Waals surface area (Å²) in [4.78, 5) is 16.5. The van der Waals surface area contributed by atoms with E-state index in [4.69, 9.17) is 39.7 Å². The van der Waals surface area contributed by atoms with Gasteiger partial charge < -0.3 is 39.7 Å². The molecule has 47 heavy (non-hydrogen) atoms. The Kier molecular flexibility index (Phi) is 11.2. The summed E-state index contributed by atoms with van der Waals surface area (Å²) >= 11 is 3.44. The third kappa shape index (κ3) is 8.43. The van der Waals surface area contributed by atoms with Gasteiger partial charge in [-0.05, 0) is 76.9 Å². The topological polar surface area (TPSA) is 159 Å². The minimum Gasteiger partial charge on any atom is -0.486 e. The fourth-order valence-electron chi connectivity index (χ4n) is 4.54. The normalized spacial score (nSPS) is 16.4. The van der Waals surface area contributed by atoms with Gasteiger partial charge in [0.1, 0.15) is 38.1 Å². The predicted octanol–water partition coefficient (Wildman–Crippen LogP) is 5.33. The van der Waals surface area contributed by atoms with Gasteiger partial charge in [-0.3, -0.25) is 9.97 Å². The number of fused-ring (bicyclic) bond motifs is 2. The van der Waals surface area contributed by atoms with Crippen LogP contribution in [-0.4, -0.2) is 64.7 Å². The van der Waals surface area contributed by atoms with Crippen LogP contribution in [-0.2, 0) is 9.31 Å². The van der Waals surface area contributed by atoms with Gasteiger partial charge in [-0.2, -0.15) is 0 Å². The number of halogens is 1. The van der Waals surface area contributed by atoms with Crippen LogP contribution in [0.3, 0.4) is 0 Å². The maximum atomic E-state index is 5.82. The largest absolute Gasteiger partial charge is 0.516 e. The quantitative estimate of drug-likeness (QED) is 0.258. The Balaban J connectivity index is 0.000000161. The lowest BCUT2D eigenvalue weighted by atomic mass is 9.85. The van der Waals surface area contributed by atoms with E-state index < -0.39 is 7.12 Å². The number of aryl methyl sites for hydroxylation is 2. The fourth-order valence-corrected chi connectivity index (χ4v) is 4.87. The molecular weight excluding hydrogens is 667 g/mol. The monoisotopic (exact) mass is 708 g/mol. The zero-order chi connectivity index (χ0) is 33.1. The van der Waals surface area contributed by atoms with Crippen LogP contribution in [0.1, 0.15) is 46.2 Å². The number of anilines is 2. The van der Waals surface area contributed by atoms with Crippen molar-refractivity contribution in [3.63, 3.8) is 0 Å². The van der Waals surface area contributed by atoms with Gasteiger partial charge in [0.05, 0.1) is 41.1 Å². The average Bonchev–Trinajstić information content (AvgIpc) is 3.25. The number of benzene rings is 2. The van der Waals surface area contributed by atoms with Crippen molar-refractivity contribution in [2.45, 2.75) is 60.2 Å². The van der Waals surface area contributed by atoms with Crippen LogP contribution in [0.15, 0.2) is 53.5 Å². The Labute approximate surface area is 284 Å². The average molecular weight is 709 g/mol. The predicted molar refractivity (Wildman–Crippen MR) is 186 cm³/mol. The summed E-state index contributed by atoms with van der Waals surface area (Å²) in [7, 11) is -0.474. The van der Waals surface area contributed by atoms with E-state index in [0.717, 1.165) is 44.3 Å². The van der Waals surface area contributed by atoms with Gasteiger partial charge in [-0.15, -0.1) is 0 Å². The Bertz CT molecular complexity index is 1630. The fraction of sp³-hybridized carbons (Fsp3) is 0.394. The molecule has 3 aliphatic rings. The van der Waals surface area contributed by atoms with Crippen LogP contribution >= 0.6 is 15.9 Å². The molecule has 0 amide bonds. The summed E-state index contributed by atoms with van der Waals surface area (Å²) in [5.74, 6) is 4.02. The van der Waals surface area contributed by atoms with E-state index in [0.29, 0.717) is 43.7 Å². The second kappa shape index (κ2) is 14.7. The lowest BCUT2D eigenvalue weighted by molar-refractivity contribution is 0.00578. The van der Waals surface area contributed by atoms with E-state index in [2.05, 4.69) is 35.9 Å². The van der Waals surface area contributed by atoms with Gasteiger partial charge in [0.25, 0.3) is 0 Å². The highest BCUT2D eigenvalue weighted by atomic mass is 79.9. The van der Waals surface area contributed by atoms with Gasteiger partial charge in [-0.1, -0.05) is 23.4 Å². The van der Waals surface area contributed by atoms with Crippen molar-refractivity contribution in [2.75, 3.05) is 37.9 Å². The first-order valence-corrected chi connectivity index (χ1v) is 15.6. The van der Waals surface area contributed by atoms with Crippen molar-refractivity contribution in [3.8, 4) is 34.3 Å². The van der Waals surface area contributed by atoms with Crippen LogP contribution in [0.25, 0.3) is 11.3 Å². The minimum absolute atomic E-state index is 0. The summed E-state index contributed by atoms with van der Waals surface area (Å²) < 4.78 is 34.6.